The number of amides is 1. The Morgan fingerprint density at radius 3 is 2.31 bits per heavy atom. The Bertz CT molecular complexity index is 1280. The Hall–Kier alpha value is -3.58. The van der Waals surface area contributed by atoms with Crippen molar-refractivity contribution in [2.24, 2.45) is 0 Å². The quantitative estimate of drug-likeness (QED) is 0.293. The first-order valence-electron chi connectivity index (χ1n) is 11.6. The van der Waals surface area contributed by atoms with Gasteiger partial charge in [0.05, 0.1) is 18.0 Å². The van der Waals surface area contributed by atoms with Crippen LogP contribution in [0, 0.1) is 0 Å². The molecule has 0 saturated carbocycles. The monoisotopic (exact) mass is 486 g/mol. The Balaban J connectivity index is 1.58. The number of aromatic nitrogens is 3. The minimum atomic E-state index is -0.138. The molecule has 0 aliphatic carbocycles. The zero-order chi connectivity index (χ0) is 24.8. The van der Waals surface area contributed by atoms with E-state index in [2.05, 4.69) is 60.6 Å². The molecular formula is C28H30N4O2S. The molecular weight excluding hydrogens is 456 g/mol. The standard InChI is InChI=1S/C28H30N4O2S/c1-5-34-24-14-10-9-13-23(24)29-25(33)19-35-27-31-30-26(32(27)22-11-7-6-8-12-22)20-15-17-21(18-16-20)28(2,3)4/h6-18H,5,19H2,1-4H3,(H,29,33). The van der Waals surface area contributed by atoms with E-state index in [-0.39, 0.29) is 17.1 Å². The van der Waals surface area contributed by atoms with E-state index in [1.165, 1.54) is 17.3 Å². The van der Waals surface area contributed by atoms with E-state index >= 15 is 0 Å². The molecule has 0 aliphatic rings. The predicted octanol–water partition coefficient (Wildman–Crippen LogP) is 6.36. The van der Waals surface area contributed by atoms with Gasteiger partial charge in [-0.25, -0.2) is 0 Å². The van der Waals surface area contributed by atoms with Gasteiger partial charge in [-0.05, 0) is 42.2 Å². The Labute approximate surface area is 210 Å². The zero-order valence-electron chi connectivity index (χ0n) is 20.5. The molecule has 0 aliphatic heterocycles. The molecule has 1 amide bonds. The van der Waals surface area contributed by atoms with E-state index in [4.69, 9.17) is 4.74 Å². The first kappa shape index (κ1) is 24.5. The van der Waals surface area contributed by atoms with Crippen LogP contribution in [0.4, 0.5) is 5.69 Å². The lowest BCUT2D eigenvalue weighted by Gasteiger charge is -2.19. The molecule has 4 rings (SSSR count). The summed E-state index contributed by atoms with van der Waals surface area (Å²) in [5, 5.41) is 12.5. The van der Waals surface area contributed by atoms with Crippen molar-refractivity contribution in [2.75, 3.05) is 17.7 Å². The van der Waals surface area contributed by atoms with E-state index in [0.29, 0.717) is 23.2 Å². The third kappa shape index (κ3) is 5.92. The Morgan fingerprint density at radius 2 is 1.63 bits per heavy atom. The smallest absolute Gasteiger partial charge is 0.234 e. The van der Waals surface area contributed by atoms with Crippen molar-refractivity contribution < 1.29 is 9.53 Å². The summed E-state index contributed by atoms with van der Waals surface area (Å²) in [4.78, 5) is 12.8. The molecule has 0 radical (unpaired) electrons. The van der Waals surface area contributed by atoms with Gasteiger partial charge in [0.2, 0.25) is 5.91 Å². The second-order valence-corrected chi connectivity index (χ2v) is 10.0. The van der Waals surface area contributed by atoms with Crippen LogP contribution in [-0.4, -0.2) is 33.0 Å². The lowest BCUT2D eigenvalue weighted by atomic mass is 9.87. The normalized spacial score (nSPS) is 11.3. The maximum Gasteiger partial charge on any atom is 0.234 e. The molecule has 1 N–H and O–H groups in total. The molecule has 0 fully saturated rings. The zero-order valence-corrected chi connectivity index (χ0v) is 21.3. The minimum absolute atomic E-state index is 0.0702. The van der Waals surface area contributed by atoms with Gasteiger partial charge in [-0.1, -0.05) is 87.1 Å². The molecule has 0 spiro atoms. The van der Waals surface area contributed by atoms with Gasteiger partial charge in [0.15, 0.2) is 11.0 Å². The first-order chi connectivity index (χ1) is 16.9. The fourth-order valence-corrected chi connectivity index (χ4v) is 4.40. The number of anilines is 1. The third-order valence-corrected chi connectivity index (χ3v) is 6.38. The molecule has 1 heterocycles. The fraction of sp³-hybridized carbons (Fsp3) is 0.250. The minimum Gasteiger partial charge on any atom is -0.492 e. The van der Waals surface area contributed by atoms with E-state index in [1.807, 2.05) is 66.1 Å². The van der Waals surface area contributed by atoms with Crippen LogP contribution in [-0.2, 0) is 10.2 Å². The number of rotatable bonds is 8. The van der Waals surface area contributed by atoms with Gasteiger partial charge in [-0.15, -0.1) is 10.2 Å². The summed E-state index contributed by atoms with van der Waals surface area (Å²) >= 11 is 1.35. The summed E-state index contributed by atoms with van der Waals surface area (Å²) in [7, 11) is 0. The number of hydrogen-bond donors (Lipinski definition) is 1. The second kappa shape index (κ2) is 10.8. The van der Waals surface area contributed by atoms with Crippen molar-refractivity contribution >= 4 is 23.4 Å². The van der Waals surface area contributed by atoms with Crippen molar-refractivity contribution in [3.05, 3.63) is 84.4 Å². The van der Waals surface area contributed by atoms with Crippen LogP contribution in [0.15, 0.2) is 84.0 Å². The van der Waals surface area contributed by atoms with Gasteiger partial charge < -0.3 is 10.1 Å². The highest BCUT2D eigenvalue weighted by atomic mass is 32.2. The number of benzene rings is 3. The summed E-state index contributed by atoms with van der Waals surface area (Å²) in [5.41, 5.74) is 3.89. The van der Waals surface area contributed by atoms with Crippen molar-refractivity contribution in [1.82, 2.24) is 14.8 Å². The van der Waals surface area contributed by atoms with E-state index in [9.17, 15) is 4.79 Å². The van der Waals surface area contributed by atoms with E-state index < -0.39 is 0 Å². The molecule has 0 unspecified atom stereocenters. The number of hydrogen-bond acceptors (Lipinski definition) is 5. The van der Waals surface area contributed by atoms with E-state index in [1.54, 1.807) is 0 Å². The lowest BCUT2D eigenvalue weighted by molar-refractivity contribution is -0.113. The Kier molecular flexibility index (Phi) is 7.56. The number of thioether (sulfide) groups is 1. The first-order valence-corrected chi connectivity index (χ1v) is 12.6. The van der Waals surface area contributed by atoms with Crippen LogP contribution >= 0.6 is 11.8 Å². The summed E-state index contributed by atoms with van der Waals surface area (Å²) in [6.45, 7) is 9.03. The lowest BCUT2D eigenvalue weighted by Crippen LogP contribution is -2.15. The predicted molar refractivity (Wildman–Crippen MR) is 142 cm³/mol. The maximum atomic E-state index is 12.8. The topological polar surface area (TPSA) is 69.0 Å². The molecule has 7 heteroatoms. The highest BCUT2D eigenvalue weighted by Crippen LogP contribution is 2.30. The van der Waals surface area contributed by atoms with Crippen molar-refractivity contribution in [1.29, 1.82) is 0 Å². The summed E-state index contributed by atoms with van der Waals surface area (Å²) in [6.07, 6.45) is 0. The molecule has 1 aromatic heterocycles. The summed E-state index contributed by atoms with van der Waals surface area (Å²) in [6, 6.07) is 25.8. The molecule has 0 atom stereocenters. The molecule has 180 valence electrons. The second-order valence-electron chi connectivity index (χ2n) is 9.07. The van der Waals surface area contributed by atoms with Crippen LogP contribution in [0.3, 0.4) is 0 Å². The van der Waals surface area contributed by atoms with Gasteiger partial charge >= 0.3 is 0 Å². The Morgan fingerprint density at radius 1 is 0.943 bits per heavy atom. The van der Waals surface area contributed by atoms with Crippen LogP contribution in [0.1, 0.15) is 33.3 Å². The summed E-state index contributed by atoms with van der Waals surface area (Å²) in [5.74, 6) is 1.44. The van der Waals surface area contributed by atoms with Gasteiger partial charge in [0, 0.05) is 11.3 Å². The van der Waals surface area contributed by atoms with Crippen LogP contribution in [0.25, 0.3) is 17.1 Å². The molecule has 0 saturated heterocycles. The molecule has 4 aromatic rings. The largest absolute Gasteiger partial charge is 0.492 e. The number of para-hydroxylation sites is 3. The molecule has 0 bridgehead atoms. The highest BCUT2D eigenvalue weighted by Gasteiger charge is 2.19. The number of ether oxygens (including phenoxy) is 1. The number of carbonyl (C=O) groups is 1. The van der Waals surface area contributed by atoms with Gasteiger partial charge in [-0.3, -0.25) is 9.36 Å². The van der Waals surface area contributed by atoms with Gasteiger partial charge in [-0.2, -0.15) is 0 Å². The van der Waals surface area contributed by atoms with Crippen molar-refractivity contribution in [3.63, 3.8) is 0 Å². The molecule has 6 nitrogen and oxygen atoms in total. The van der Waals surface area contributed by atoms with Crippen molar-refractivity contribution in [2.45, 2.75) is 38.3 Å². The molecule has 3 aromatic carbocycles. The number of carbonyl (C=O) groups excluding carboxylic acids is 1. The average Bonchev–Trinajstić information content (AvgIpc) is 3.28. The number of nitrogens with zero attached hydrogens (tertiary/aromatic N) is 3. The maximum absolute atomic E-state index is 12.8. The van der Waals surface area contributed by atoms with Crippen LogP contribution in [0.2, 0.25) is 0 Å². The molecule has 35 heavy (non-hydrogen) atoms. The van der Waals surface area contributed by atoms with Crippen LogP contribution < -0.4 is 10.1 Å². The van der Waals surface area contributed by atoms with Gasteiger partial charge in [0.25, 0.3) is 0 Å². The van der Waals surface area contributed by atoms with Crippen molar-refractivity contribution in [3.8, 4) is 22.8 Å². The highest BCUT2D eigenvalue weighted by molar-refractivity contribution is 7.99. The van der Waals surface area contributed by atoms with E-state index in [0.717, 1.165) is 17.1 Å². The fourth-order valence-electron chi connectivity index (χ4n) is 3.65. The van der Waals surface area contributed by atoms with Gasteiger partial charge in [0.1, 0.15) is 5.75 Å². The third-order valence-electron chi connectivity index (χ3n) is 5.45. The summed E-state index contributed by atoms with van der Waals surface area (Å²) < 4.78 is 7.61. The number of nitrogens with one attached hydrogen (secondary N) is 1. The SMILES string of the molecule is CCOc1ccccc1NC(=O)CSc1nnc(-c2ccc(C(C)(C)C)cc2)n1-c1ccccc1. The van der Waals surface area contributed by atoms with Crippen LogP contribution in [0.5, 0.6) is 5.75 Å². The average molecular weight is 487 g/mol.